The first-order valence-electron chi connectivity index (χ1n) is 27.8. The zero-order valence-electron chi connectivity index (χ0n) is 53.1. The average Bonchev–Trinajstić information content (AvgIpc) is 4.13. The Morgan fingerprint density at radius 2 is 0.949 bits per heavy atom. The quantitative estimate of drug-likeness (QED) is 0.218. The summed E-state index contributed by atoms with van der Waals surface area (Å²) in [4.78, 5) is 58.4. The van der Waals surface area contributed by atoms with Gasteiger partial charge in [-0.3, -0.25) is 33.3 Å². The van der Waals surface area contributed by atoms with E-state index in [2.05, 4.69) is 161 Å². The molecule has 0 fully saturated rings. The van der Waals surface area contributed by atoms with Gasteiger partial charge in [-0.05, 0) is 82.5 Å². The minimum absolute atomic E-state index is 0.0358. The third-order valence-electron chi connectivity index (χ3n) is 13.0. The molecule has 6 rings (SSSR count). The number of hydrogen-bond acceptors (Lipinski definition) is 12. The summed E-state index contributed by atoms with van der Waals surface area (Å²) >= 11 is 3.14. The molecule has 4 aliphatic heterocycles. The van der Waals surface area contributed by atoms with Gasteiger partial charge in [0.05, 0.1) is 22.1 Å². The molecule has 15 nitrogen and oxygen atoms in total. The lowest BCUT2D eigenvalue weighted by Gasteiger charge is -2.20. The lowest BCUT2D eigenvalue weighted by Crippen LogP contribution is -2.26. The number of aryl methyl sites for hydroxylation is 2. The van der Waals surface area contributed by atoms with Gasteiger partial charge in [-0.2, -0.15) is 13.5 Å². The van der Waals surface area contributed by atoms with E-state index in [-0.39, 0.29) is 39.9 Å². The van der Waals surface area contributed by atoms with Crippen LogP contribution in [0.5, 0.6) is 0 Å². The van der Waals surface area contributed by atoms with Gasteiger partial charge in [0.2, 0.25) is 0 Å². The first-order chi connectivity index (χ1) is 35.6. The highest BCUT2D eigenvalue weighted by molar-refractivity contribution is 8.07. The van der Waals surface area contributed by atoms with Gasteiger partial charge in [0, 0.05) is 78.2 Å². The summed E-state index contributed by atoms with van der Waals surface area (Å²) < 4.78 is 28.5. The zero-order chi connectivity index (χ0) is 61.1. The van der Waals surface area contributed by atoms with E-state index in [0.29, 0.717) is 64.4 Å². The number of carbonyl (C=O) groups is 2. The maximum atomic E-state index is 11.7. The molecular formula is C60H101N9O6S3. The molecule has 0 radical (unpaired) electrons. The Hall–Kier alpha value is -4.68. The molecule has 0 unspecified atom stereocenters. The molecule has 78 heavy (non-hydrogen) atoms. The van der Waals surface area contributed by atoms with Crippen molar-refractivity contribution in [2.45, 2.75) is 190 Å². The Labute approximate surface area is 479 Å². The highest BCUT2D eigenvalue weighted by Gasteiger charge is 2.43. The SMILES string of the molecule is C=C1N=C(C(C)C)C(C(C)C)=N1.C=C1SC(C(C)C)=C(C(C)C)N1C.CC(C)C1=C(C(C)C)C(=O)N=N1.CC(C)C1=C(C(C)C)N(C)S(=O)(=O)C1=O.CC(C)c1c(C(C)C)n(C)[nH]c1=O.CC(C)c1c(C(C)C)n(C)sc1=O. The zero-order valence-corrected chi connectivity index (χ0v) is 55.5. The van der Waals surface area contributed by atoms with Crippen LogP contribution in [0.4, 0.5) is 0 Å². The van der Waals surface area contributed by atoms with Crippen molar-refractivity contribution >= 4 is 55.8 Å². The van der Waals surface area contributed by atoms with Crippen LogP contribution in [0, 0.1) is 47.3 Å². The van der Waals surface area contributed by atoms with E-state index in [4.69, 9.17) is 0 Å². The van der Waals surface area contributed by atoms with Gasteiger partial charge in [-0.1, -0.05) is 191 Å². The molecule has 0 aromatic carbocycles. The highest BCUT2D eigenvalue weighted by atomic mass is 32.2. The second-order valence-electron chi connectivity index (χ2n) is 23.9. The smallest absolute Gasteiger partial charge is 0.302 e. The number of azo groups is 1. The third kappa shape index (κ3) is 17.9. The van der Waals surface area contributed by atoms with Crippen LogP contribution in [-0.2, 0) is 33.7 Å². The average molecular weight is 1140 g/mol. The van der Waals surface area contributed by atoms with Crippen molar-refractivity contribution in [1.29, 1.82) is 0 Å². The number of hydrogen-bond donors (Lipinski definition) is 1. The fraction of sp³-hybridized carbons (Fsp3) is 0.667. The number of allylic oxidation sites excluding steroid dienone is 4. The van der Waals surface area contributed by atoms with Gasteiger partial charge >= 0.3 is 10.0 Å². The lowest BCUT2D eigenvalue weighted by molar-refractivity contribution is -0.114. The Morgan fingerprint density at radius 3 is 1.24 bits per heavy atom. The van der Waals surface area contributed by atoms with Crippen LogP contribution in [0.15, 0.2) is 87.0 Å². The summed E-state index contributed by atoms with van der Waals surface area (Å²) in [7, 11) is 3.64. The summed E-state index contributed by atoms with van der Waals surface area (Å²) in [5, 5.41) is 10.7. The van der Waals surface area contributed by atoms with Gasteiger partial charge in [-0.15, -0.1) is 5.11 Å². The van der Waals surface area contributed by atoms with E-state index in [1.165, 1.54) is 34.9 Å². The Balaban J connectivity index is 0.000000469. The van der Waals surface area contributed by atoms with Crippen LogP contribution in [0.2, 0.25) is 0 Å². The molecule has 18 heteroatoms. The number of nitrogens with zero attached hydrogens (tertiary/aromatic N) is 8. The van der Waals surface area contributed by atoms with E-state index in [0.717, 1.165) is 48.8 Å². The second-order valence-corrected chi connectivity index (χ2v) is 28.0. The van der Waals surface area contributed by atoms with Crippen molar-refractivity contribution in [3.63, 3.8) is 0 Å². The fourth-order valence-electron chi connectivity index (χ4n) is 9.59. The van der Waals surface area contributed by atoms with Crippen LogP contribution in [-0.4, -0.2) is 67.9 Å². The van der Waals surface area contributed by atoms with Gasteiger partial charge in [0.15, 0.2) is 0 Å². The molecule has 0 atom stereocenters. The second kappa shape index (κ2) is 30.2. The standard InChI is InChI=1S/C11H19NS.C10H18N2O.C10H16N2.C10H17NO3S.C10H17NOS.C9H14N2O/c1-7(2)10-11(8(3)4)13-9(5)12(10)6;1-6(2)8-9(7(3)4)12(5)11-10(8)13;1-6(2)9-10(7(3)4)12-8(5)11-9;1-6(2)8-9(7(3)4)11(5)15(13,14)10(8)12;1-6(2)8-9(7(3)4)11(5)13-10(8)12;1-5(2)7-8(6(3)4)10-11-9(7)12/h7-8H,5H2,1-4,6H3;6-7H,1-5H3,(H,11,13);6-7H,5H2,1-4H3;6-7H,1-5H3;6-7H,1-5H3;5-6H,1-4H3. The molecule has 4 aliphatic rings. The van der Waals surface area contributed by atoms with E-state index < -0.39 is 15.1 Å². The minimum Gasteiger partial charge on any atom is -0.342 e. The monoisotopic (exact) mass is 1140 g/mol. The highest BCUT2D eigenvalue weighted by Crippen LogP contribution is 2.45. The fourth-order valence-corrected chi connectivity index (χ4v) is 13.3. The molecule has 0 spiro atoms. The van der Waals surface area contributed by atoms with E-state index in [9.17, 15) is 27.6 Å². The number of amides is 1. The van der Waals surface area contributed by atoms with Gasteiger partial charge in [-0.25, -0.2) is 9.98 Å². The summed E-state index contributed by atoms with van der Waals surface area (Å²) in [6.45, 7) is 57.5. The molecule has 2 aromatic rings. The minimum atomic E-state index is -3.77. The predicted octanol–water partition coefficient (Wildman–Crippen LogP) is 14.9. The lowest BCUT2D eigenvalue weighted by atomic mass is 9.96. The number of aliphatic imine (C=N–C) groups is 2. The van der Waals surface area contributed by atoms with Crippen molar-refractivity contribution in [3.05, 3.63) is 99.6 Å². The topological polar surface area (TPSA) is 184 Å². The predicted molar refractivity (Wildman–Crippen MR) is 332 cm³/mol. The van der Waals surface area contributed by atoms with Gasteiger partial charge < -0.3 is 8.86 Å². The van der Waals surface area contributed by atoms with Crippen LogP contribution in [0.25, 0.3) is 0 Å². The number of carbonyl (C=O) groups excluding carboxylic acids is 2. The van der Waals surface area contributed by atoms with Crippen LogP contribution >= 0.6 is 23.3 Å². The van der Waals surface area contributed by atoms with Crippen molar-refractivity contribution in [2.75, 3.05) is 14.1 Å². The third-order valence-corrected chi connectivity index (χ3v) is 16.9. The Morgan fingerprint density at radius 1 is 0.500 bits per heavy atom. The van der Waals surface area contributed by atoms with Crippen LogP contribution < -0.4 is 10.3 Å². The van der Waals surface area contributed by atoms with E-state index in [1.807, 2.05) is 89.9 Å². The van der Waals surface area contributed by atoms with Crippen molar-refractivity contribution in [2.24, 2.45) is 81.7 Å². The molecule has 1 amide bonds. The summed E-state index contributed by atoms with van der Waals surface area (Å²) in [6, 6.07) is 0. The maximum absolute atomic E-state index is 11.7. The van der Waals surface area contributed by atoms with Crippen molar-refractivity contribution in [3.8, 4) is 0 Å². The molecule has 2 aromatic heterocycles. The normalized spacial score (nSPS) is 16.3. The number of nitrogens with one attached hydrogen (secondary N) is 1. The first-order valence-corrected chi connectivity index (χ1v) is 30.8. The van der Waals surface area contributed by atoms with Gasteiger partial charge in [0.25, 0.3) is 21.3 Å². The molecule has 6 heterocycles. The summed E-state index contributed by atoms with van der Waals surface area (Å²) in [5.74, 6) is 4.54. The Bertz CT molecular complexity index is 2780. The molecule has 0 aliphatic carbocycles. The summed E-state index contributed by atoms with van der Waals surface area (Å²) in [6.07, 6.45) is 0. The number of aromatic amines is 1. The summed E-state index contributed by atoms with van der Waals surface area (Å²) in [5.41, 5.74) is 10.7. The Kier molecular flexibility index (Phi) is 27.6. The molecule has 0 bridgehead atoms. The van der Waals surface area contributed by atoms with Crippen LogP contribution in [0.3, 0.4) is 0 Å². The van der Waals surface area contributed by atoms with Crippen molar-refractivity contribution in [1.82, 2.24) is 22.9 Å². The molecular weight excluding hydrogens is 1040 g/mol. The van der Waals surface area contributed by atoms with Crippen LogP contribution in [0.1, 0.15) is 212 Å². The van der Waals surface area contributed by atoms with Crippen molar-refractivity contribution < 1.29 is 18.0 Å². The number of rotatable bonds is 12. The van der Waals surface area contributed by atoms with Gasteiger partial charge in [0.1, 0.15) is 5.82 Å². The number of H-pyrrole nitrogens is 1. The molecule has 1 N–H and O–H groups in total. The van der Waals surface area contributed by atoms with E-state index >= 15 is 0 Å². The molecule has 0 saturated carbocycles. The van der Waals surface area contributed by atoms with E-state index in [1.54, 1.807) is 0 Å². The molecule has 0 saturated heterocycles. The maximum Gasteiger partial charge on any atom is 0.302 e. The number of sulfonamides is 1. The molecule has 440 valence electrons. The number of aromatic nitrogens is 3. The largest absolute Gasteiger partial charge is 0.342 e. The first kappa shape index (κ1) is 71.3. The number of thioether (sulfide) groups is 1.